The van der Waals surface area contributed by atoms with E-state index in [1.807, 2.05) is 18.2 Å². The summed E-state index contributed by atoms with van der Waals surface area (Å²) >= 11 is 9.05. The largest absolute Gasteiger partial charge is 0.243 e. The quantitative estimate of drug-likeness (QED) is 0.603. The molecule has 0 aliphatic heterocycles. The molecule has 0 N–H and O–H groups in total. The second kappa shape index (κ2) is 5.00. The molecule has 0 saturated heterocycles. The predicted octanol–water partition coefficient (Wildman–Crippen LogP) is 3.01. The minimum Gasteiger partial charge on any atom is -0.243 e. The van der Waals surface area contributed by atoms with Crippen molar-refractivity contribution < 1.29 is 0 Å². The molecule has 0 fully saturated rings. The summed E-state index contributed by atoms with van der Waals surface area (Å²) in [6.45, 7) is 0. The first kappa shape index (κ1) is 10.2. The molecule has 2 nitrogen and oxygen atoms in total. The van der Waals surface area contributed by atoms with E-state index in [1.54, 1.807) is 6.07 Å². The fraction of sp³-hybridized carbons (Fsp3) is 0.111. The summed E-state index contributed by atoms with van der Waals surface area (Å²) in [6, 6.07) is 3.71. The van der Waals surface area contributed by atoms with Crippen LogP contribution in [0.3, 0.4) is 0 Å². The first-order valence-electron chi connectivity index (χ1n) is 3.56. The van der Waals surface area contributed by atoms with Gasteiger partial charge >= 0.3 is 0 Å². The van der Waals surface area contributed by atoms with Gasteiger partial charge < -0.3 is 0 Å². The summed E-state index contributed by atoms with van der Waals surface area (Å²) in [6.07, 6.45) is 5.17. The number of nitriles is 1. The van der Waals surface area contributed by atoms with Crippen molar-refractivity contribution in [2.24, 2.45) is 0 Å². The van der Waals surface area contributed by atoms with Crippen LogP contribution in [0.4, 0.5) is 0 Å². The summed E-state index contributed by atoms with van der Waals surface area (Å²) in [5.41, 5.74) is 1.28. The molecule has 1 rings (SSSR count). The molecule has 0 saturated carbocycles. The zero-order valence-electron chi connectivity index (χ0n) is 6.67. The van der Waals surface area contributed by atoms with Crippen LogP contribution in [0.5, 0.6) is 0 Å². The van der Waals surface area contributed by atoms with E-state index in [0.29, 0.717) is 10.7 Å². The topological polar surface area (TPSA) is 36.7 Å². The fourth-order valence-electron chi connectivity index (χ4n) is 0.815. The van der Waals surface area contributed by atoms with Crippen LogP contribution < -0.4 is 0 Å². The van der Waals surface area contributed by atoms with Gasteiger partial charge in [-0.15, -0.1) is 0 Å². The number of allylic oxidation sites excluding steroid dienone is 1. The van der Waals surface area contributed by atoms with Crippen molar-refractivity contribution in [1.29, 1.82) is 5.26 Å². The number of pyridine rings is 1. The maximum atomic E-state index is 8.61. The van der Waals surface area contributed by atoms with Crippen LogP contribution >= 0.6 is 27.5 Å². The molecule has 1 aromatic rings. The van der Waals surface area contributed by atoms with E-state index in [1.165, 1.54) is 6.20 Å². The molecule has 66 valence electrons. The summed E-state index contributed by atoms with van der Waals surface area (Å²) in [4.78, 5) is 3.88. The van der Waals surface area contributed by atoms with Crippen molar-refractivity contribution in [1.82, 2.24) is 4.98 Å². The van der Waals surface area contributed by atoms with Gasteiger partial charge in [-0.25, -0.2) is 4.98 Å². The minimum absolute atomic E-state index is 0.413. The van der Waals surface area contributed by atoms with Crippen LogP contribution in [0.2, 0.25) is 5.15 Å². The smallest absolute Gasteiger partial charge is 0.136 e. The Labute approximate surface area is 90.0 Å². The van der Waals surface area contributed by atoms with Gasteiger partial charge in [-0.2, -0.15) is 5.26 Å². The average Bonchev–Trinajstić information content (AvgIpc) is 2.17. The Morgan fingerprint density at radius 3 is 3.08 bits per heavy atom. The second-order valence-corrected chi connectivity index (χ2v) is 3.28. The van der Waals surface area contributed by atoms with Gasteiger partial charge in [0.1, 0.15) is 11.2 Å². The third-order valence-electron chi connectivity index (χ3n) is 1.38. The lowest BCUT2D eigenvalue weighted by molar-refractivity contribution is 1.29. The zero-order chi connectivity index (χ0) is 9.68. The molecule has 0 spiro atoms. The molecule has 0 aliphatic carbocycles. The molecule has 0 aliphatic rings. The molecule has 4 heteroatoms. The van der Waals surface area contributed by atoms with Crippen LogP contribution in [0.25, 0.3) is 6.08 Å². The number of hydrogen-bond donors (Lipinski definition) is 0. The number of halogens is 2. The van der Waals surface area contributed by atoms with E-state index in [9.17, 15) is 0 Å². The van der Waals surface area contributed by atoms with E-state index >= 15 is 0 Å². The summed E-state index contributed by atoms with van der Waals surface area (Å²) in [5, 5.41) is 9.78. The first-order chi connectivity index (χ1) is 6.27. The Morgan fingerprint density at radius 2 is 2.46 bits per heavy atom. The van der Waals surface area contributed by atoms with Crippen molar-refractivity contribution in [3.8, 4) is 6.07 Å². The van der Waals surface area contributed by atoms with Crippen molar-refractivity contribution in [3.63, 3.8) is 0 Å². The number of alkyl halides is 1. The van der Waals surface area contributed by atoms with Crippen molar-refractivity contribution >= 4 is 33.6 Å². The molecule has 0 bridgehead atoms. The van der Waals surface area contributed by atoms with Gasteiger partial charge in [0, 0.05) is 17.1 Å². The molecular weight excluding hydrogens is 251 g/mol. The van der Waals surface area contributed by atoms with Crippen LogP contribution in [0.15, 0.2) is 18.3 Å². The molecule has 0 aromatic carbocycles. The predicted molar refractivity (Wildman–Crippen MR) is 56.8 cm³/mol. The summed E-state index contributed by atoms with van der Waals surface area (Å²) < 4.78 is 0. The third-order valence-corrected chi connectivity index (χ3v) is 2.07. The zero-order valence-corrected chi connectivity index (χ0v) is 9.01. The van der Waals surface area contributed by atoms with E-state index in [2.05, 4.69) is 20.9 Å². The van der Waals surface area contributed by atoms with E-state index < -0.39 is 0 Å². The van der Waals surface area contributed by atoms with Gasteiger partial charge in [0.15, 0.2) is 0 Å². The standard InChI is InChI=1S/C9H6BrClN2/c10-3-1-2-8-4-7(5-12)6-13-9(8)11/h1-2,4,6H,3H2. The maximum absolute atomic E-state index is 8.61. The second-order valence-electron chi connectivity index (χ2n) is 2.27. The van der Waals surface area contributed by atoms with Gasteiger partial charge in [0.05, 0.1) is 5.56 Å². The molecule has 1 aromatic heterocycles. The van der Waals surface area contributed by atoms with Crippen LogP contribution in [0, 0.1) is 11.3 Å². The highest BCUT2D eigenvalue weighted by atomic mass is 79.9. The molecule has 0 unspecified atom stereocenters. The fourth-order valence-corrected chi connectivity index (χ4v) is 1.17. The highest BCUT2D eigenvalue weighted by Crippen LogP contribution is 2.15. The van der Waals surface area contributed by atoms with Gasteiger partial charge in [-0.05, 0) is 6.07 Å². The number of aromatic nitrogens is 1. The average molecular weight is 258 g/mol. The molecule has 0 atom stereocenters. The highest BCUT2D eigenvalue weighted by molar-refractivity contribution is 9.09. The van der Waals surface area contributed by atoms with Crippen molar-refractivity contribution in [3.05, 3.63) is 34.6 Å². The monoisotopic (exact) mass is 256 g/mol. The van der Waals surface area contributed by atoms with E-state index in [0.717, 1.165) is 10.9 Å². The van der Waals surface area contributed by atoms with E-state index in [-0.39, 0.29) is 0 Å². The molecule has 1 heterocycles. The molecule has 13 heavy (non-hydrogen) atoms. The number of nitrogens with zero attached hydrogens (tertiary/aromatic N) is 2. The van der Waals surface area contributed by atoms with Crippen molar-refractivity contribution in [2.75, 3.05) is 5.33 Å². The van der Waals surface area contributed by atoms with Crippen molar-refractivity contribution in [2.45, 2.75) is 0 Å². The Kier molecular flexibility index (Phi) is 3.94. The Balaban J connectivity index is 3.06. The summed E-state index contributed by atoms with van der Waals surface area (Å²) in [5.74, 6) is 0. The maximum Gasteiger partial charge on any atom is 0.136 e. The van der Waals surface area contributed by atoms with Gasteiger partial charge in [-0.1, -0.05) is 39.7 Å². The lowest BCUT2D eigenvalue weighted by Gasteiger charge is -1.96. The van der Waals surface area contributed by atoms with Gasteiger partial charge in [0.2, 0.25) is 0 Å². The number of rotatable bonds is 2. The lowest BCUT2D eigenvalue weighted by Crippen LogP contribution is -1.84. The van der Waals surface area contributed by atoms with Crippen LogP contribution in [0.1, 0.15) is 11.1 Å². The highest BCUT2D eigenvalue weighted by Gasteiger charge is 1.99. The lowest BCUT2D eigenvalue weighted by atomic mass is 10.2. The molecular formula is C9H6BrClN2. The SMILES string of the molecule is N#Cc1cnc(Cl)c(C=CCBr)c1. The summed E-state index contributed by atoms with van der Waals surface area (Å²) in [7, 11) is 0. The Hall–Kier alpha value is -0.850. The van der Waals surface area contributed by atoms with Crippen LogP contribution in [-0.2, 0) is 0 Å². The molecule has 0 radical (unpaired) electrons. The van der Waals surface area contributed by atoms with E-state index in [4.69, 9.17) is 16.9 Å². The Morgan fingerprint density at radius 1 is 1.69 bits per heavy atom. The normalized spacial score (nSPS) is 10.2. The van der Waals surface area contributed by atoms with Gasteiger partial charge in [-0.3, -0.25) is 0 Å². The minimum atomic E-state index is 0.413. The third kappa shape index (κ3) is 2.83. The van der Waals surface area contributed by atoms with Gasteiger partial charge in [0.25, 0.3) is 0 Å². The van der Waals surface area contributed by atoms with Crippen LogP contribution in [-0.4, -0.2) is 10.3 Å². The number of hydrogen-bond acceptors (Lipinski definition) is 2. The first-order valence-corrected chi connectivity index (χ1v) is 5.06. The Bertz CT molecular complexity index is 368. The molecule has 0 amide bonds.